The number of aromatic hydroxyl groups is 1. The van der Waals surface area contributed by atoms with Crippen LogP contribution in [0.5, 0.6) is 5.75 Å². The van der Waals surface area contributed by atoms with E-state index in [4.69, 9.17) is 0 Å². The van der Waals surface area contributed by atoms with Crippen LogP contribution in [-0.2, 0) is 6.42 Å². The minimum absolute atomic E-state index is 0.187. The number of phenols is 1. The monoisotopic (exact) mass is 272 g/mol. The highest BCUT2D eigenvalue weighted by Crippen LogP contribution is 2.34. The Morgan fingerprint density at radius 3 is 2.30 bits per heavy atom. The van der Waals surface area contributed by atoms with Crippen LogP contribution in [0.25, 0.3) is 11.1 Å². The van der Waals surface area contributed by atoms with Gasteiger partial charge in [0.25, 0.3) is 0 Å². The summed E-state index contributed by atoms with van der Waals surface area (Å²) in [5.74, 6) is -0.0195. The molecule has 0 aliphatic carbocycles. The third kappa shape index (κ3) is 3.38. The van der Waals surface area contributed by atoms with Crippen molar-refractivity contribution in [3.63, 3.8) is 0 Å². The number of aryl methyl sites for hydroxylation is 1. The van der Waals surface area contributed by atoms with Crippen molar-refractivity contribution >= 4 is 0 Å². The number of benzene rings is 2. The summed E-state index contributed by atoms with van der Waals surface area (Å²) in [4.78, 5) is 0. The van der Waals surface area contributed by atoms with Crippen LogP contribution in [-0.4, -0.2) is 5.11 Å². The molecule has 106 valence electrons. The summed E-state index contributed by atoms with van der Waals surface area (Å²) in [7, 11) is 0. The molecule has 0 radical (unpaired) electrons. The van der Waals surface area contributed by atoms with Crippen molar-refractivity contribution in [2.24, 2.45) is 5.41 Å². The van der Waals surface area contributed by atoms with Gasteiger partial charge in [-0.05, 0) is 59.7 Å². The molecule has 1 nitrogen and oxygen atoms in total. The fourth-order valence-electron chi connectivity index (χ4n) is 2.45. The molecule has 0 aliphatic rings. The lowest BCUT2D eigenvalue weighted by molar-refractivity contribution is 0.410. The van der Waals surface area contributed by atoms with Gasteiger partial charge in [-0.2, -0.15) is 0 Å². The van der Waals surface area contributed by atoms with E-state index in [0.717, 1.165) is 23.1 Å². The SMILES string of the molecule is Cc1cc(F)ccc1-c1cc(CC(C)(C)C)ccc1O. The summed E-state index contributed by atoms with van der Waals surface area (Å²) < 4.78 is 13.2. The van der Waals surface area contributed by atoms with E-state index in [9.17, 15) is 9.50 Å². The summed E-state index contributed by atoms with van der Waals surface area (Å²) >= 11 is 0. The summed E-state index contributed by atoms with van der Waals surface area (Å²) in [5, 5.41) is 10.1. The second kappa shape index (κ2) is 5.28. The standard InChI is InChI=1S/C18H21FO/c1-12-9-14(19)6-7-15(12)16-10-13(5-8-17(16)20)11-18(2,3)4/h5-10,20H,11H2,1-4H3. The fourth-order valence-corrected chi connectivity index (χ4v) is 2.45. The first-order valence-corrected chi connectivity index (χ1v) is 6.85. The summed E-state index contributed by atoms with van der Waals surface area (Å²) in [5.41, 5.74) is 3.83. The van der Waals surface area contributed by atoms with Gasteiger partial charge >= 0.3 is 0 Å². The first kappa shape index (κ1) is 14.6. The summed E-state index contributed by atoms with van der Waals surface area (Å²) in [6.45, 7) is 8.41. The molecule has 0 heterocycles. The van der Waals surface area contributed by atoms with Gasteiger partial charge in [0, 0.05) is 5.56 Å². The Kier molecular flexibility index (Phi) is 3.85. The van der Waals surface area contributed by atoms with Gasteiger partial charge in [-0.15, -0.1) is 0 Å². The van der Waals surface area contributed by atoms with Crippen LogP contribution in [0.2, 0.25) is 0 Å². The largest absolute Gasteiger partial charge is 0.507 e. The predicted molar refractivity (Wildman–Crippen MR) is 81.4 cm³/mol. The van der Waals surface area contributed by atoms with Crippen LogP contribution in [0.1, 0.15) is 31.9 Å². The first-order valence-electron chi connectivity index (χ1n) is 6.85. The molecule has 2 rings (SSSR count). The Morgan fingerprint density at radius 1 is 1.00 bits per heavy atom. The molecule has 0 spiro atoms. The van der Waals surface area contributed by atoms with E-state index in [2.05, 4.69) is 20.8 Å². The van der Waals surface area contributed by atoms with Crippen molar-refractivity contribution in [2.75, 3.05) is 0 Å². The molecular formula is C18H21FO. The van der Waals surface area contributed by atoms with Crippen LogP contribution in [0.3, 0.4) is 0 Å². The van der Waals surface area contributed by atoms with Gasteiger partial charge in [0.15, 0.2) is 0 Å². The minimum atomic E-state index is -0.253. The molecule has 0 bridgehead atoms. The van der Waals surface area contributed by atoms with E-state index >= 15 is 0 Å². The van der Waals surface area contributed by atoms with E-state index in [1.807, 2.05) is 19.1 Å². The molecule has 2 heteroatoms. The Morgan fingerprint density at radius 2 is 1.70 bits per heavy atom. The maximum atomic E-state index is 13.2. The van der Waals surface area contributed by atoms with E-state index in [1.54, 1.807) is 12.1 Å². The van der Waals surface area contributed by atoms with E-state index in [1.165, 1.54) is 17.7 Å². The van der Waals surface area contributed by atoms with Gasteiger partial charge in [0.1, 0.15) is 11.6 Å². The lowest BCUT2D eigenvalue weighted by Gasteiger charge is -2.19. The van der Waals surface area contributed by atoms with Crippen molar-refractivity contribution in [3.8, 4) is 16.9 Å². The third-order valence-corrected chi connectivity index (χ3v) is 3.27. The Balaban J connectivity index is 2.48. The predicted octanol–water partition coefficient (Wildman–Crippen LogP) is 5.10. The molecule has 0 amide bonds. The molecule has 0 unspecified atom stereocenters. The summed E-state index contributed by atoms with van der Waals surface area (Å²) in [6, 6.07) is 10.3. The summed E-state index contributed by atoms with van der Waals surface area (Å²) in [6.07, 6.45) is 0.931. The van der Waals surface area contributed by atoms with Crippen molar-refractivity contribution in [1.29, 1.82) is 0 Å². The zero-order chi connectivity index (χ0) is 14.9. The van der Waals surface area contributed by atoms with Gasteiger partial charge < -0.3 is 5.11 Å². The molecule has 2 aromatic rings. The molecule has 2 aromatic carbocycles. The maximum Gasteiger partial charge on any atom is 0.123 e. The van der Waals surface area contributed by atoms with Gasteiger partial charge in [0.05, 0.1) is 0 Å². The molecule has 0 aromatic heterocycles. The molecule has 1 N–H and O–H groups in total. The molecule has 0 aliphatic heterocycles. The molecular weight excluding hydrogens is 251 g/mol. The quantitative estimate of drug-likeness (QED) is 0.806. The fraction of sp³-hybridized carbons (Fsp3) is 0.333. The molecule has 0 fully saturated rings. The molecule has 0 saturated carbocycles. The van der Waals surface area contributed by atoms with Gasteiger partial charge in [-0.25, -0.2) is 4.39 Å². The van der Waals surface area contributed by atoms with Crippen molar-refractivity contribution in [3.05, 3.63) is 53.3 Å². The minimum Gasteiger partial charge on any atom is -0.507 e. The first-order chi connectivity index (χ1) is 9.26. The van der Waals surface area contributed by atoms with Crippen LogP contribution >= 0.6 is 0 Å². The number of phenolic OH excluding ortho intramolecular Hbond substituents is 1. The molecule has 0 atom stereocenters. The van der Waals surface area contributed by atoms with Crippen LogP contribution in [0.4, 0.5) is 4.39 Å². The molecule has 20 heavy (non-hydrogen) atoms. The lowest BCUT2D eigenvalue weighted by Crippen LogP contribution is -2.09. The van der Waals surface area contributed by atoms with Crippen LogP contribution in [0, 0.1) is 18.2 Å². The lowest BCUT2D eigenvalue weighted by atomic mass is 9.86. The average Bonchev–Trinajstić information content (AvgIpc) is 2.30. The van der Waals surface area contributed by atoms with Gasteiger partial charge in [-0.1, -0.05) is 32.9 Å². The normalized spacial score (nSPS) is 11.7. The number of hydrogen-bond acceptors (Lipinski definition) is 1. The van der Waals surface area contributed by atoms with E-state index in [-0.39, 0.29) is 17.0 Å². The number of rotatable bonds is 2. The van der Waals surface area contributed by atoms with Gasteiger partial charge in [-0.3, -0.25) is 0 Å². The van der Waals surface area contributed by atoms with Crippen LogP contribution in [0.15, 0.2) is 36.4 Å². The average molecular weight is 272 g/mol. The second-order valence-corrected chi connectivity index (χ2v) is 6.55. The third-order valence-electron chi connectivity index (χ3n) is 3.27. The number of hydrogen-bond donors (Lipinski definition) is 1. The smallest absolute Gasteiger partial charge is 0.123 e. The van der Waals surface area contributed by atoms with E-state index < -0.39 is 0 Å². The number of halogens is 1. The van der Waals surface area contributed by atoms with Crippen molar-refractivity contribution in [1.82, 2.24) is 0 Å². The Bertz CT molecular complexity index is 624. The van der Waals surface area contributed by atoms with E-state index in [0.29, 0.717) is 0 Å². The van der Waals surface area contributed by atoms with Gasteiger partial charge in [0.2, 0.25) is 0 Å². The zero-order valence-corrected chi connectivity index (χ0v) is 12.5. The van der Waals surface area contributed by atoms with Crippen molar-refractivity contribution < 1.29 is 9.50 Å². The highest BCUT2D eigenvalue weighted by molar-refractivity contribution is 5.73. The maximum absolute atomic E-state index is 13.2. The van der Waals surface area contributed by atoms with Crippen LogP contribution < -0.4 is 0 Å². The van der Waals surface area contributed by atoms with Crippen molar-refractivity contribution in [2.45, 2.75) is 34.1 Å². The highest BCUT2D eigenvalue weighted by Gasteiger charge is 2.14. The molecule has 0 saturated heterocycles. The Labute approximate surface area is 120 Å². The zero-order valence-electron chi connectivity index (χ0n) is 12.5. The topological polar surface area (TPSA) is 20.2 Å². The Hall–Kier alpha value is -1.83. The second-order valence-electron chi connectivity index (χ2n) is 6.55. The highest BCUT2D eigenvalue weighted by atomic mass is 19.1.